The Kier molecular flexibility index (Phi) is 2.67. The average molecular weight is 274 g/mol. The molecule has 0 aromatic heterocycles. The summed E-state index contributed by atoms with van der Waals surface area (Å²) in [6, 6.07) is 0. The van der Waals surface area contributed by atoms with Crippen molar-refractivity contribution in [3.63, 3.8) is 0 Å². The zero-order valence-electron chi connectivity index (χ0n) is 5.00. The van der Waals surface area contributed by atoms with E-state index in [9.17, 15) is 4.79 Å². The van der Waals surface area contributed by atoms with Crippen LogP contribution < -0.4 is 0 Å². The Labute approximate surface area is 75.5 Å². The fourth-order valence-electron chi connectivity index (χ4n) is 0.664. The molecule has 1 atom stereocenters. The number of hydrogen-bond donors (Lipinski definition) is 1. The Morgan fingerprint density at radius 2 is 2.20 bits per heavy atom. The standard InChI is InChI=1S/C4H6Br2N2O2/c5-7-2-1-3(9)8(6)4(7)10/h4,10H,1-2H2. The molecule has 0 spiro atoms. The fraction of sp³-hybridized carbons (Fsp3) is 0.750. The predicted octanol–water partition coefficient (Wildman–Crippen LogP) is 0.416. The first-order valence-corrected chi connectivity index (χ1v) is 4.13. The van der Waals surface area contributed by atoms with Crippen LogP contribution in [0.1, 0.15) is 6.42 Å². The molecular formula is C4H6Br2N2O2. The lowest BCUT2D eigenvalue weighted by Crippen LogP contribution is -2.47. The molecule has 0 radical (unpaired) electrons. The Morgan fingerprint density at radius 3 is 2.70 bits per heavy atom. The van der Waals surface area contributed by atoms with Crippen LogP contribution in [-0.4, -0.2) is 31.8 Å². The van der Waals surface area contributed by atoms with Gasteiger partial charge in [0.2, 0.25) is 12.3 Å². The lowest BCUT2D eigenvalue weighted by Gasteiger charge is -2.31. The van der Waals surface area contributed by atoms with Crippen LogP contribution in [0.2, 0.25) is 0 Å². The zero-order valence-corrected chi connectivity index (χ0v) is 8.17. The minimum atomic E-state index is -0.902. The summed E-state index contributed by atoms with van der Waals surface area (Å²) in [5.74, 6) is -0.108. The molecule has 1 fully saturated rings. The highest BCUT2D eigenvalue weighted by molar-refractivity contribution is 9.08. The van der Waals surface area contributed by atoms with Gasteiger partial charge in [-0.1, -0.05) is 0 Å². The van der Waals surface area contributed by atoms with Crippen molar-refractivity contribution in [1.82, 2.24) is 7.85 Å². The van der Waals surface area contributed by atoms with E-state index in [2.05, 4.69) is 32.3 Å². The second kappa shape index (κ2) is 3.17. The summed E-state index contributed by atoms with van der Waals surface area (Å²) < 4.78 is 2.59. The van der Waals surface area contributed by atoms with Crippen molar-refractivity contribution in [2.45, 2.75) is 12.8 Å². The number of amides is 1. The van der Waals surface area contributed by atoms with Crippen LogP contribution in [0, 0.1) is 0 Å². The lowest BCUT2D eigenvalue weighted by molar-refractivity contribution is -0.141. The number of carbonyl (C=O) groups is 1. The number of carbonyl (C=O) groups excluding carboxylic acids is 1. The van der Waals surface area contributed by atoms with Gasteiger partial charge in [0.25, 0.3) is 0 Å². The van der Waals surface area contributed by atoms with Gasteiger partial charge < -0.3 is 5.11 Å². The molecule has 1 heterocycles. The van der Waals surface area contributed by atoms with Crippen molar-refractivity contribution in [2.24, 2.45) is 0 Å². The molecule has 1 aliphatic rings. The lowest BCUT2D eigenvalue weighted by atomic mass is 10.3. The van der Waals surface area contributed by atoms with E-state index in [0.717, 1.165) is 3.93 Å². The van der Waals surface area contributed by atoms with Crippen LogP contribution in [0.15, 0.2) is 0 Å². The number of halogens is 2. The van der Waals surface area contributed by atoms with E-state index >= 15 is 0 Å². The van der Waals surface area contributed by atoms with Gasteiger partial charge in [0.1, 0.15) is 0 Å². The average Bonchev–Trinajstić information content (AvgIpc) is 1.93. The smallest absolute Gasteiger partial charge is 0.237 e. The molecule has 10 heavy (non-hydrogen) atoms. The quantitative estimate of drug-likeness (QED) is 0.651. The summed E-state index contributed by atoms with van der Waals surface area (Å²) in [7, 11) is 0. The highest BCUT2D eigenvalue weighted by atomic mass is 79.9. The third kappa shape index (κ3) is 1.50. The predicted molar refractivity (Wildman–Crippen MR) is 42.0 cm³/mol. The first kappa shape index (κ1) is 8.45. The molecule has 0 aromatic rings. The number of rotatable bonds is 0. The molecule has 1 unspecified atom stereocenters. The molecule has 4 nitrogen and oxygen atoms in total. The second-order valence-corrected chi connectivity index (χ2v) is 3.60. The summed E-state index contributed by atoms with van der Waals surface area (Å²) in [5, 5.41) is 9.15. The highest BCUT2D eigenvalue weighted by Gasteiger charge is 2.29. The SMILES string of the molecule is O=C1CCN(Br)C(O)N1Br. The van der Waals surface area contributed by atoms with Gasteiger partial charge in [0.15, 0.2) is 0 Å². The minimum absolute atomic E-state index is 0.108. The Bertz CT molecular complexity index is 154. The molecule has 58 valence electrons. The molecule has 6 heteroatoms. The van der Waals surface area contributed by atoms with Gasteiger partial charge in [-0.2, -0.15) is 3.93 Å². The van der Waals surface area contributed by atoms with E-state index in [1.165, 1.54) is 3.93 Å². The van der Waals surface area contributed by atoms with Gasteiger partial charge in [0.05, 0.1) is 16.1 Å². The van der Waals surface area contributed by atoms with Crippen molar-refractivity contribution in [3.05, 3.63) is 0 Å². The van der Waals surface area contributed by atoms with Crippen LogP contribution in [0.5, 0.6) is 0 Å². The first-order valence-electron chi connectivity index (χ1n) is 2.71. The van der Waals surface area contributed by atoms with E-state index in [-0.39, 0.29) is 5.91 Å². The topological polar surface area (TPSA) is 43.8 Å². The van der Waals surface area contributed by atoms with Crippen molar-refractivity contribution >= 4 is 38.2 Å². The van der Waals surface area contributed by atoms with Gasteiger partial charge in [-0.3, -0.25) is 4.79 Å². The molecule has 0 saturated carbocycles. The maximum Gasteiger partial charge on any atom is 0.237 e. The fourth-order valence-corrected chi connectivity index (χ4v) is 1.67. The number of aliphatic hydroxyl groups is 1. The molecule has 1 rings (SSSR count). The van der Waals surface area contributed by atoms with Gasteiger partial charge in [0, 0.05) is 29.1 Å². The highest BCUT2D eigenvalue weighted by Crippen LogP contribution is 2.19. The number of nitrogens with zero attached hydrogens (tertiary/aromatic N) is 2. The van der Waals surface area contributed by atoms with Crippen LogP contribution >= 0.6 is 32.3 Å². The summed E-state index contributed by atoms with van der Waals surface area (Å²) in [6.07, 6.45) is -0.491. The largest absolute Gasteiger partial charge is 0.359 e. The van der Waals surface area contributed by atoms with E-state index in [1.54, 1.807) is 0 Å². The van der Waals surface area contributed by atoms with E-state index in [1.807, 2.05) is 0 Å². The molecule has 1 saturated heterocycles. The summed E-state index contributed by atoms with van der Waals surface area (Å²) in [6.45, 7) is 0.530. The number of hydrogen-bond acceptors (Lipinski definition) is 3. The normalized spacial score (nSPS) is 29.3. The molecule has 0 aliphatic carbocycles. The summed E-state index contributed by atoms with van der Waals surface area (Å²) >= 11 is 6.00. The molecular weight excluding hydrogens is 268 g/mol. The maximum atomic E-state index is 10.8. The molecule has 1 amide bonds. The molecule has 1 aliphatic heterocycles. The van der Waals surface area contributed by atoms with E-state index < -0.39 is 6.35 Å². The van der Waals surface area contributed by atoms with Crippen molar-refractivity contribution in [2.75, 3.05) is 6.54 Å². The monoisotopic (exact) mass is 272 g/mol. The Hall–Kier alpha value is 0.350. The second-order valence-electron chi connectivity index (χ2n) is 1.92. The third-order valence-corrected chi connectivity index (χ3v) is 2.71. The molecule has 0 bridgehead atoms. The third-order valence-electron chi connectivity index (χ3n) is 1.23. The minimum Gasteiger partial charge on any atom is -0.359 e. The van der Waals surface area contributed by atoms with Crippen LogP contribution in [0.3, 0.4) is 0 Å². The van der Waals surface area contributed by atoms with E-state index in [4.69, 9.17) is 5.11 Å². The van der Waals surface area contributed by atoms with Gasteiger partial charge in [-0.15, -0.1) is 0 Å². The Balaban J connectivity index is 2.60. The van der Waals surface area contributed by atoms with Gasteiger partial charge in [-0.25, -0.2) is 3.93 Å². The zero-order chi connectivity index (χ0) is 7.72. The van der Waals surface area contributed by atoms with Crippen LogP contribution in [0.25, 0.3) is 0 Å². The maximum absolute atomic E-state index is 10.8. The van der Waals surface area contributed by atoms with Gasteiger partial charge in [-0.05, 0) is 0 Å². The van der Waals surface area contributed by atoms with Crippen LogP contribution in [-0.2, 0) is 4.79 Å². The summed E-state index contributed by atoms with van der Waals surface area (Å²) in [5.41, 5.74) is 0. The number of aliphatic hydroxyl groups excluding tert-OH is 1. The van der Waals surface area contributed by atoms with Crippen molar-refractivity contribution < 1.29 is 9.90 Å². The summed E-state index contributed by atoms with van der Waals surface area (Å²) in [4.78, 5) is 10.8. The first-order chi connectivity index (χ1) is 4.63. The van der Waals surface area contributed by atoms with E-state index in [0.29, 0.717) is 13.0 Å². The molecule has 1 N–H and O–H groups in total. The molecule has 0 aromatic carbocycles. The van der Waals surface area contributed by atoms with Crippen LogP contribution in [0.4, 0.5) is 0 Å². The van der Waals surface area contributed by atoms with Crippen molar-refractivity contribution in [3.8, 4) is 0 Å². The van der Waals surface area contributed by atoms with Crippen molar-refractivity contribution in [1.29, 1.82) is 0 Å². The Morgan fingerprint density at radius 1 is 1.60 bits per heavy atom. The van der Waals surface area contributed by atoms with Gasteiger partial charge >= 0.3 is 0 Å².